The van der Waals surface area contributed by atoms with E-state index in [2.05, 4.69) is 38.4 Å². The molecule has 1 aliphatic heterocycles. The van der Waals surface area contributed by atoms with Crippen molar-refractivity contribution in [1.82, 2.24) is 14.9 Å². The van der Waals surface area contributed by atoms with Crippen molar-refractivity contribution in [2.24, 2.45) is 0 Å². The molecule has 0 aromatic carbocycles. The molecule has 2 aromatic rings. The number of anilines is 1. The Morgan fingerprint density at radius 2 is 2.17 bits per heavy atom. The van der Waals surface area contributed by atoms with Gasteiger partial charge in [-0.2, -0.15) is 0 Å². The molecule has 0 saturated carbocycles. The van der Waals surface area contributed by atoms with E-state index in [1.54, 1.807) is 11.3 Å². The molecular weight excluding hydrogens is 304 g/mol. The fourth-order valence-electron chi connectivity index (χ4n) is 3.29. The van der Waals surface area contributed by atoms with Crippen molar-refractivity contribution in [3.05, 3.63) is 40.5 Å². The van der Waals surface area contributed by atoms with Crippen LogP contribution in [0.2, 0.25) is 0 Å². The maximum absolute atomic E-state index is 4.75. The number of aryl methyl sites for hydroxylation is 1. The van der Waals surface area contributed by atoms with Crippen LogP contribution in [-0.4, -0.2) is 41.5 Å². The summed E-state index contributed by atoms with van der Waals surface area (Å²) in [4.78, 5) is 13.9. The highest BCUT2D eigenvalue weighted by Crippen LogP contribution is 2.23. The first kappa shape index (κ1) is 16.4. The van der Waals surface area contributed by atoms with Crippen LogP contribution in [0, 0.1) is 0 Å². The van der Waals surface area contributed by atoms with E-state index in [0.717, 1.165) is 18.8 Å². The van der Waals surface area contributed by atoms with Gasteiger partial charge in [0.1, 0.15) is 5.82 Å². The lowest BCUT2D eigenvalue weighted by Crippen LogP contribution is -2.39. The highest BCUT2D eigenvalue weighted by molar-refractivity contribution is 7.07. The third kappa shape index (κ3) is 4.52. The standard InChI is InChI=1S/C18H26N4S/c1-21(2)18-8-5-6-15(20-18)9-10-17-7-3-4-11-22(17)12-16-13-23-14-19-16/h5-6,8,13-14,17H,3-4,7,9-12H2,1-2H3. The van der Waals surface area contributed by atoms with Crippen molar-refractivity contribution in [3.63, 3.8) is 0 Å². The summed E-state index contributed by atoms with van der Waals surface area (Å²) in [5, 5.41) is 2.17. The van der Waals surface area contributed by atoms with E-state index < -0.39 is 0 Å². The molecule has 0 N–H and O–H groups in total. The molecule has 0 aliphatic carbocycles. The molecule has 23 heavy (non-hydrogen) atoms. The van der Waals surface area contributed by atoms with E-state index in [9.17, 15) is 0 Å². The molecule has 5 heteroatoms. The highest BCUT2D eigenvalue weighted by Gasteiger charge is 2.22. The molecule has 3 rings (SSSR count). The predicted molar refractivity (Wildman–Crippen MR) is 97.0 cm³/mol. The normalized spacial score (nSPS) is 19.0. The summed E-state index contributed by atoms with van der Waals surface area (Å²) >= 11 is 1.69. The number of rotatable bonds is 6. The Morgan fingerprint density at radius 3 is 2.96 bits per heavy atom. The Bertz CT molecular complexity index is 597. The van der Waals surface area contributed by atoms with Crippen LogP contribution >= 0.6 is 11.3 Å². The van der Waals surface area contributed by atoms with Crippen LogP contribution in [0.25, 0.3) is 0 Å². The Hall–Kier alpha value is -1.46. The predicted octanol–water partition coefficient (Wildman–Crippen LogP) is 3.59. The summed E-state index contributed by atoms with van der Waals surface area (Å²) in [6.07, 6.45) is 6.21. The smallest absolute Gasteiger partial charge is 0.128 e. The van der Waals surface area contributed by atoms with Crippen molar-refractivity contribution >= 4 is 17.2 Å². The number of nitrogens with zero attached hydrogens (tertiary/aromatic N) is 4. The van der Waals surface area contributed by atoms with Crippen molar-refractivity contribution in [2.75, 3.05) is 25.5 Å². The average molecular weight is 331 g/mol. The second-order valence-electron chi connectivity index (χ2n) is 6.52. The van der Waals surface area contributed by atoms with E-state index in [1.807, 2.05) is 19.6 Å². The van der Waals surface area contributed by atoms with Gasteiger partial charge in [-0.05, 0) is 44.4 Å². The summed E-state index contributed by atoms with van der Waals surface area (Å²) in [6, 6.07) is 7.00. The molecule has 0 bridgehead atoms. The maximum Gasteiger partial charge on any atom is 0.128 e. The van der Waals surface area contributed by atoms with Gasteiger partial charge in [0.25, 0.3) is 0 Å². The van der Waals surface area contributed by atoms with Gasteiger partial charge in [-0.15, -0.1) is 11.3 Å². The molecule has 1 aliphatic rings. The SMILES string of the molecule is CN(C)c1cccc(CCC2CCCCN2Cc2cscn2)n1. The first-order valence-corrected chi connectivity index (χ1v) is 9.41. The minimum Gasteiger partial charge on any atom is -0.363 e. The van der Waals surface area contributed by atoms with Crippen LogP contribution in [0.1, 0.15) is 37.1 Å². The number of aromatic nitrogens is 2. The van der Waals surface area contributed by atoms with Crippen LogP contribution in [-0.2, 0) is 13.0 Å². The molecule has 1 saturated heterocycles. The van der Waals surface area contributed by atoms with Crippen molar-refractivity contribution in [3.8, 4) is 0 Å². The van der Waals surface area contributed by atoms with E-state index in [1.165, 1.54) is 43.6 Å². The number of thiazole rings is 1. The van der Waals surface area contributed by atoms with Gasteiger partial charge in [0.15, 0.2) is 0 Å². The lowest BCUT2D eigenvalue weighted by Gasteiger charge is -2.35. The highest BCUT2D eigenvalue weighted by atomic mass is 32.1. The second kappa shape index (κ2) is 7.88. The maximum atomic E-state index is 4.75. The van der Waals surface area contributed by atoms with Gasteiger partial charge in [-0.25, -0.2) is 9.97 Å². The molecule has 0 spiro atoms. The van der Waals surface area contributed by atoms with Crippen LogP contribution in [0.15, 0.2) is 29.1 Å². The number of likely N-dealkylation sites (tertiary alicyclic amines) is 1. The van der Waals surface area contributed by atoms with Gasteiger partial charge in [0.05, 0.1) is 11.2 Å². The van der Waals surface area contributed by atoms with E-state index in [4.69, 9.17) is 4.98 Å². The molecular formula is C18H26N4S. The van der Waals surface area contributed by atoms with E-state index in [0.29, 0.717) is 6.04 Å². The van der Waals surface area contributed by atoms with Crippen molar-refractivity contribution in [1.29, 1.82) is 0 Å². The number of hydrogen-bond acceptors (Lipinski definition) is 5. The Balaban J connectivity index is 1.59. The summed E-state index contributed by atoms with van der Waals surface area (Å²) < 4.78 is 0. The lowest BCUT2D eigenvalue weighted by atomic mass is 9.97. The van der Waals surface area contributed by atoms with Gasteiger partial charge in [0.2, 0.25) is 0 Å². The van der Waals surface area contributed by atoms with Gasteiger partial charge < -0.3 is 4.90 Å². The molecule has 2 aromatic heterocycles. The third-order valence-electron chi connectivity index (χ3n) is 4.58. The zero-order chi connectivity index (χ0) is 16.1. The largest absolute Gasteiger partial charge is 0.363 e. The molecule has 4 nitrogen and oxygen atoms in total. The van der Waals surface area contributed by atoms with Gasteiger partial charge >= 0.3 is 0 Å². The summed E-state index contributed by atoms with van der Waals surface area (Å²) in [5.74, 6) is 1.05. The lowest BCUT2D eigenvalue weighted by molar-refractivity contribution is 0.131. The summed E-state index contributed by atoms with van der Waals surface area (Å²) in [7, 11) is 4.09. The average Bonchev–Trinajstić information content (AvgIpc) is 3.07. The topological polar surface area (TPSA) is 32.3 Å². The number of pyridine rings is 1. The third-order valence-corrected chi connectivity index (χ3v) is 5.22. The van der Waals surface area contributed by atoms with Crippen molar-refractivity contribution < 1.29 is 0 Å². The first-order valence-electron chi connectivity index (χ1n) is 8.47. The fourth-order valence-corrected chi connectivity index (χ4v) is 3.84. The zero-order valence-electron chi connectivity index (χ0n) is 14.1. The summed E-state index contributed by atoms with van der Waals surface area (Å²) in [5.41, 5.74) is 4.36. The monoisotopic (exact) mass is 330 g/mol. The molecule has 1 unspecified atom stereocenters. The zero-order valence-corrected chi connectivity index (χ0v) is 14.9. The number of hydrogen-bond donors (Lipinski definition) is 0. The molecule has 1 atom stereocenters. The van der Waals surface area contributed by atoms with E-state index >= 15 is 0 Å². The van der Waals surface area contributed by atoms with Crippen LogP contribution in [0.3, 0.4) is 0 Å². The van der Waals surface area contributed by atoms with Crippen molar-refractivity contribution in [2.45, 2.75) is 44.7 Å². The Kier molecular flexibility index (Phi) is 5.62. The summed E-state index contributed by atoms with van der Waals surface area (Å²) in [6.45, 7) is 2.20. The fraction of sp³-hybridized carbons (Fsp3) is 0.556. The first-order chi connectivity index (χ1) is 11.2. The molecule has 3 heterocycles. The minimum atomic E-state index is 0.662. The van der Waals surface area contributed by atoms with Gasteiger partial charge in [-0.1, -0.05) is 12.5 Å². The molecule has 1 fully saturated rings. The van der Waals surface area contributed by atoms with Gasteiger partial charge in [-0.3, -0.25) is 4.90 Å². The Morgan fingerprint density at radius 1 is 1.26 bits per heavy atom. The quantitative estimate of drug-likeness (QED) is 0.810. The van der Waals surface area contributed by atoms with E-state index in [-0.39, 0.29) is 0 Å². The van der Waals surface area contributed by atoms with Gasteiger partial charge in [0, 0.05) is 37.8 Å². The van der Waals surface area contributed by atoms with Crippen LogP contribution < -0.4 is 4.90 Å². The molecule has 0 radical (unpaired) electrons. The number of piperidine rings is 1. The minimum absolute atomic E-state index is 0.662. The van der Waals surface area contributed by atoms with Crippen LogP contribution in [0.4, 0.5) is 5.82 Å². The Labute approximate surface area is 143 Å². The van der Waals surface area contributed by atoms with Crippen LogP contribution in [0.5, 0.6) is 0 Å². The molecule has 124 valence electrons. The second-order valence-corrected chi connectivity index (χ2v) is 7.24. The molecule has 0 amide bonds.